The Morgan fingerprint density at radius 3 is 2.71 bits per heavy atom. The molecule has 2 aromatic heterocycles. The van der Waals surface area contributed by atoms with E-state index in [4.69, 9.17) is 8.83 Å². The molecule has 0 saturated heterocycles. The van der Waals surface area contributed by atoms with Gasteiger partial charge in [-0.1, -0.05) is 0 Å². The van der Waals surface area contributed by atoms with E-state index < -0.39 is 0 Å². The largest absolute Gasteiger partial charge is 0.467 e. The fourth-order valence-electron chi connectivity index (χ4n) is 1.68. The molecule has 2 N–H and O–H groups in total. The number of aliphatic imine (C=N–C) groups is 1. The van der Waals surface area contributed by atoms with Crippen LogP contribution in [0, 0.1) is 13.8 Å². The molecule has 0 radical (unpaired) electrons. The molecule has 2 aromatic rings. The smallest absolute Gasteiger partial charge is 0.214 e. The van der Waals surface area contributed by atoms with Crippen LogP contribution in [0.15, 0.2) is 32.2 Å². The summed E-state index contributed by atoms with van der Waals surface area (Å²) < 4.78 is 10.8. The third kappa shape index (κ3) is 5.41. The molecule has 116 valence electrons. The Hall–Kier alpha value is -1.51. The summed E-state index contributed by atoms with van der Waals surface area (Å²) in [5.74, 6) is 3.03. The molecule has 0 atom stereocenters. The molecule has 0 aliphatic heterocycles. The van der Waals surface area contributed by atoms with E-state index in [1.54, 1.807) is 6.26 Å². The topological polar surface area (TPSA) is 75.6 Å². The number of nitrogens with zero attached hydrogens (tertiary/aromatic N) is 2. The lowest BCUT2D eigenvalue weighted by atomic mass is 10.4. The van der Waals surface area contributed by atoms with Crippen LogP contribution >= 0.6 is 24.0 Å². The Morgan fingerprint density at radius 2 is 2.14 bits per heavy atom. The van der Waals surface area contributed by atoms with Crippen molar-refractivity contribution in [2.24, 2.45) is 4.99 Å². The second kappa shape index (κ2) is 8.71. The molecule has 0 aliphatic rings. The highest BCUT2D eigenvalue weighted by Crippen LogP contribution is 2.07. The molecule has 0 unspecified atom stereocenters. The van der Waals surface area contributed by atoms with Crippen LogP contribution in [0.4, 0.5) is 0 Å². The average Bonchev–Trinajstić information content (AvgIpc) is 3.04. The van der Waals surface area contributed by atoms with Crippen LogP contribution in [0.1, 0.15) is 30.0 Å². The van der Waals surface area contributed by atoms with Crippen molar-refractivity contribution >= 4 is 29.9 Å². The first-order valence-electron chi connectivity index (χ1n) is 6.66. The van der Waals surface area contributed by atoms with Gasteiger partial charge in [0.1, 0.15) is 18.1 Å². The Labute approximate surface area is 141 Å². The first-order chi connectivity index (χ1) is 9.69. The molecule has 0 bridgehead atoms. The number of nitrogens with one attached hydrogen (secondary N) is 2. The highest BCUT2D eigenvalue weighted by Gasteiger charge is 2.06. The van der Waals surface area contributed by atoms with Gasteiger partial charge in [0.2, 0.25) is 5.89 Å². The molecule has 0 spiro atoms. The van der Waals surface area contributed by atoms with Gasteiger partial charge in [0.25, 0.3) is 0 Å². The zero-order valence-electron chi connectivity index (χ0n) is 12.5. The summed E-state index contributed by atoms with van der Waals surface area (Å²) in [6.07, 6.45) is 1.64. The summed E-state index contributed by atoms with van der Waals surface area (Å²) in [5, 5.41) is 6.35. The standard InChI is InChI=1S/C14H20N4O2.HI/c1-4-15-14(16-8-12-6-5-7-19-12)17-9-13-18-10(2)11(3)20-13;/h5-7H,4,8-9H2,1-3H3,(H2,15,16,17);1H. The van der Waals surface area contributed by atoms with Gasteiger partial charge in [-0.3, -0.25) is 0 Å². The number of rotatable bonds is 5. The van der Waals surface area contributed by atoms with Gasteiger partial charge in [0.15, 0.2) is 5.96 Å². The van der Waals surface area contributed by atoms with E-state index in [1.807, 2.05) is 32.9 Å². The highest BCUT2D eigenvalue weighted by atomic mass is 127. The molecular weight excluding hydrogens is 383 g/mol. The van der Waals surface area contributed by atoms with Crippen LogP contribution in [0.3, 0.4) is 0 Å². The maximum Gasteiger partial charge on any atom is 0.214 e. The minimum Gasteiger partial charge on any atom is -0.467 e. The van der Waals surface area contributed by atoms with Crippen LogP contribution < -0.4 is 10.6 Å². The number of oxazole rings is 1. The average molecular weight is 404 g/mol. The third-order valence-electron chi connectivity index (χ3n) is 2.80. The van der Waals surface area contributed by atoms with Crippen LogP contribution in [-0.2, 0) is 13.1 Å². The van der Waals surface area contributed by atoms with E-state index >= 15 is 0 Å². The SMILES string of the molecule is CCNC(=NCc1ccco1)NCc1nc(C)c(C)o1.I. The van der Waals surface area contributed by atoms with Gasteiger partial charge in [0.05, 0.1) is 18.5 Å². The van der Waals surface area contributed by atoms with E-state index in [9.17, 15) is 0 Å². The summed E-state index contributed by atoms with van der Waals surface area (Å²) in [4.78, 5) is 8.75. The van der Waals surface area contributed by atoms with Crippen molar-refractivity contribution < 1.29 is 8.83 Å². The summed E-state index contributed by atoms with van der Waals surface area (Å²) in [6.45, 7) is 7.63. The fraction of sp³-hybridized carbons (Fsp3) is 0.429. The van der Waals surface area contributed by atoms with E-state index in [-0.39, 0.29) is 24.0 Å². The van der Waals surface area contributed by atoms with Gasteiger partial charge in [0, 0.05) is 6.54 Å². The zero-order valence-corrected chi connectivity index (χ0v) is 14.8. The highest BCUT2D eigenvalue weighted by molar-refractivity contribution is 14.0. The van der Waals surface area contributed by atoms with Crippen molar-refractivity contribution in [2.75, 3.05) is 6.54 Å². The Balaban J connectivity index is 0.00000220. The lowest BCUT2D eigenvalue weighted by Gasteiger charge is -2.09. The van der Waals surface area contributed by atoms with Gasteiger partial charge < -0.3 is 19.5 Å². The molecule has 0 saturated carbocycles. The van der Waals surface area contributed by atoms with Crippen LogP contribution in [0.5, 0.6) is 0 Å². The molecule has 6 nitrogen and oxygen atoms in total. The first kappa shape index (κ1) is 17.5. The van der Waals surface area contributed by atoms with E-state index in [1.165, 1.54) is 0 Å². The molecular formula is C14H21IN4O2. The van der Waals surface area contributed by atoms with Crippen molar-refractivity contribution in [3.8, 4) is 0 Å². The molecule has 0 aromatic carbocycles. The number of furan rings is 1. The van der Waals surface area contributed by atoms with Crippen molar-refractivity contribution in [1.29, 1.82) is 0 Å². The maximum absolute atomic E-state index is 5.52. The van der Waals surface area contributed by atoms with E-state index in [2.05, 4.69) is 20.6 Å². The summed E-state index contributed by atoms with van der Waals surface area (Å²) >= 11 is 0. The minimum atomic E-state index is 0. The summed E-state index contributed by atoms with van der Waals surface area (Å²) in [7, 11) is 0. The number of halogens is 1. The quantitative estimate of drug-likeness (QED) is 0.456. The van der Waals surface area contributed by atoms with Crippen LogP contribution in [0.2, 0.25) is 0 Å². The molecule has 21 heavy (non-hydrogen) atoms. The van der Waals surface area contributed by atoms with Crippen LogP contribution in [0.25, 0.3) is 0 Å². The molecule has 0 aliphatic carbocycles. The molecule has 2 rings (SSSR count). The number of guanidine groups is 1. The first-order valence-corrected chi connectivity index (χ1v) is 6.66. The van der Waals surface area contributed by atoms with Crippen molar-refractivity contribution in [2.45, 2.75) is 33.9 Å². The second-order valence-corrected chi connectivity index (χ2v) is 4.38. The third-order valence-corrected chi connectivity index (χ3v) is 2.80. The number of aryl methyl sites for hydroxylation is 2. The van der Waals surface area contributed by atoms with Gasteiger partial charge in [-0.2, -0.15) is 0 Å². The summed E-state index contributed by atoms with van der Waals surface area (Å²) in [6, 6.07) is 3.75. The van der Waals surface area contributed by atoms with E-state index in [0.717, 1.165) is 23.8 Å². The predicted molar refractivity (Wildman–Crippen MR) is 91.8 cm³/mol. The molecule has 7 heteroatoms. The van der Waals surface area contributed by atoms with Gasteiger partial charge in [-0.15, -0.1) is 24.0 Å². The normalized spacial score (nSPS) is 11.1. The predicted octanol–water partition coefficient (Wildman–Crippen LogP) is 2.76. The lowest BCUT2D eigenvalue weighted by Crippen LogP contribution is -2.36. The van der Waals surface area contributed by atoms with Crippen molar-refractivity contribution in [3.63, 3.8) is 0 Å². The molecule has 2 heterocycles. The van der Waals surface area contributed by atoms with Gasteiger partial charge >= 0.3 is 0 Å². The summed E-state index contributed by atoms with van der Waals surface area (Å²) in [5.41, 5.74) is 0.916. The van der Waals surface area contributed by atoms with Crippen molar-refractivity contribution in [1.82, 2.24) is 15.6 Å². The minimum absolute atomic E-state index is 0. The van der Waals surface area contributed by atoms with Crippen LogP contribution in [-0.4, -0.2) is 17.5 Å². The second-order valence-electron chi connectivity index (χ2n) is 4.38. The number of hydrogen-bond donors (Lipinski definition) is 2. The monoisotopic (exact) mass is 404 g/mol. The lowest BCUT2D eigenvalue weighted by molar-refractivity contribution is 0.463. The maximum atomic E-state index is 5.52. The van der Waals surface area contributed by atoms with Crippen molar-refractivity contribution in [3.05, 3.63) is 41.5 Å². The Kier molecular flexibility index (Phi) is 7.27. The molecule has 0 amide bonds. The van der Waals surface area contributed by atoms with Gasteiger partial charge in [-0.25, -0.2) is 9.98 Å². The van der Waals surface area contributed by atoms with E-state index in [0.29, 0.717) is 24.9 Å². The Bertz CT molecular complexity index is 544. The zero-order chi connectivity index (χ0) is 14.4. The number of aromatic nitrogens is 1. The van der Waals surface area contributed by atoms with Gasteiger partial charge in [-0.05, 0) is 32.9 Å². The molecule has 0 fully saturated rings. The fourth-order valence-corrected chi connectivity index (χ4v) is 1.68. The Morgan fingerprint density at radius 1 is 1.33 bits per heavy atom. The number of hydrogen-bond acceptors (Lipinski definition) is 4.